The van der Waals surface area contributed by atoms with Gasteiger partial charge in [-0.1, -0.05) is 49.4 Å². The van der Waals surface area contributed by atoms with Crippen molar-refractivity contribution in [1.82, 2.24) is 4.90 Å². The lowest BCUT2D eigenvalue weighted by Crippen LogP contribution is -2.37. The molecule has 1 unspecified atom stereocenters. The number of carbonyl (C=O) groups is 1. The Kier molecular flexibility index (Phi) is 7.30. The van der Waals surface area contributed by atoms with E-state index in [9.17, 15) is 4.79 Å². The van der Waals surface area contributed by atoms with Crippen LogP contribution < -0.4 is 9.47 Å². The minimum atomic E-state index is 0.0673. The lowest BCUT2D eigenvalue weighted by molar-refractivity contribution is 0.0676. The quantitative estimate of drug-likeness (QED) is 0.450. The first-order chi connectivity index (χ1) is 14.1. The van der Waals surface area contributed by atoms with Crippen LogP contribution in [-0.2, 0) is 13.2 Å². The van der Waals surface area contributed by atoms with Gasteiger partial charge in [-0.05, 0) is 48.1 Å². The second kappa shape index (κ2) is 10.1. The van der Waals surface area contributed by atoms with Crippen LogP contribution in [0.2, 0.25) is 0 Å². The summed E-state index contributed by atoms with van der Waals surface area (Å²) in [5.74, 6) is 1.43. The first-order valence-electron chi connectivity index (χ1n) is 9.80. The maximum atomic E-state index is 13.0. The molecule has 2 aromatic carbocycles. The van der Waals surface area contributed by atoms with Crippen molar-refractivity contribution >= 4 is 17.2 Å². The van der Waals surface area contributed by atoms with E-state index in [2.05, 4.69) is 13.8 Å². The highest BCUT2D eigenvalue weighted by molar-refractivity contribution is 7.12. The van der Waals surface area contributed by atoms with Crippen LogP contribution in [0, 0.1) is 0 Å². The molecule has 0 spiro atoms. The van der Waals surface area contributed by atoms with Crippen molar-refractivity contribution in [2.75, 3.05) is 7.11 Å². The summed E-state index contributed by atoms with van der Waals surface area (Å²) >= 11 is 1.48. The number of rotatable bonds is 9. The maximum Gasteiger partial charge on any atom is 0.264 e. The maximum absolute atomic E-state index is 13.0. The van der Waals surface area contributed by atoms with Gasteiger partial charge in [-0.25, -0.2) is 0 Å². The average Bonchev–Trinajstić information content (AvgIpc) is 3.31. The van der Waals surface area contributed by atoms with Crippen molar-refractivity contribution in [3.8, 4) is 11.5 Å². The second-order valence-corrected chi connectivity index (χ2v) is 7.87. The number of benzene rings is 2. The van der Waals surface area contributed by atoms with E-state index in [4.69, 9.17) is 9.47 Å². The summed E-state index contributed by atoms with van der Waals surface area (Å²) < 4.78 is 11.5. The Morgan fingerprint density at radius 1 is 1.03 bits per heavy atom. The Bertz CT molecular complexity index is 909. The summed E-state index contributed by atoms with van der Waals surface area (Å²) in [5, 5.41) is 1.93. The zero-order valence-corrected chi connectivity index (χ0v) is 17.9. The van der Waals surface area contributed by atoms with Gasteiger partial charge < -0.3 is 14.4 Å². The van der Waals surface area contributed by atoms with Crippen molar-refractivity contribution < 1.29 is 14.3 Å². The van der Waals surface area contributed by atoms with Gasteiger partial charge in [0.25, 0.3) is 5.91 Å². The summed E-state index contributed by atoms with van der Waals surface area (Å²) in [6.07, 6.45) is 0.895. The van der Waals surface area contributed by atoms with E-state index >= 15 is 0 Å². The average molecular weight is 410 g/mol. The fourth-order valence-corrected chi connectivity index (χ4v) is 3.73. The Morgan fingerprint density at radius 3 is 2.48 bits per heavy atom. The molecule has 4 nitrogen and oxygen atoms in total. The Labute approximate surface area is 176 Å². The molecule has 3 rings (SSSR count). The van der Waals surface area contributed by atoms with Crippen molar-refractivity contribution in [3.05, 3.63) is 82.0 Å². The monoisotopic (exact) mass is 409 g/mol. The van der Waals surface area contributed by atoms with Crippen molar-refractivity contribution in [3.63, 3.8) is 0 Å². The van der Waals surface area contributed by atoms with Crippen molar-refractivity contribution in [2.24, 2.45) is 0 Å². The van der Waals surface area contributed by atoms with Gasteiger partial charge in [-0.3, -0.25) is 4.79 Å². The summed E-state index contributed by atoms with van der Waals surface area (Å²) in [5.41, 5.74) is 2.11. The van der Waals surface area contributed by atoms with E-state index in [0.29, 0.717) is 24.7 Å². The number of amides is 1. The largest absolute Gasteiger partial charge is 0.493 e. The smallest absolute Gasteiger partial charge is 0.264 e. The van der Waals surface area contributed by atoms with E-state index in [1.165, 1.54) is 11.3 Å². The van der Waals surface area contributed by atoms with Crippen LogP contribution in [-0.4, -0.2) is 24.0 Å². The third kappa shape index (κ3) is 5.39. The molecule has 1 amide bonds. The highest BCUT2D eigenvalue weighted by Gasteiger charge is 2.22. The fraction of sp³-hybridized carbons (Fsp3) is 0.292. The molecule has 0 fully saturated rings. The van der Waals surface area contributed by atoms with Crippen LogP contribution in [0.3, 0.4) is 0 Å². The van der Waals surface area contributed by atoms with Crippen LogP contribution in [0.15, 0.2) is 66.0 Å². The number of methoxy groups -OCH3 is 1. The predicted molar refractivity (Wildman–Crippen MR) is 118 cm³/mol. The molecule has 0 aliphatic heterocycles. The zero-order chi connectivity index (χ0) is 20.6. The molecule has 0 saturated heterocycles. The SMILES string of the molecule is CCC(C)N(Cc1ccc(OCc2ccccc2)c(OC)c1)C(=O)c1cccs1. The van der Waals surface area contributed by atoms with Gasteiger partial charge in [0.2, 0.25) is 0 Å². The molecular weight excluding hydrogens is 382 g/mol. The lowest BCUT2D eigenvalue weighted by atomic mass is 10.1. The minimum absolute atomic E-state index is 0.0673. The van der Waals surface area contributed by atoms with Crippen molar-refractivity contribution in [1.29, 1.82) is 0 Å². The highest BCUT2D eigenvalue weighted by atomic mass is 32.1. The van der Waals surface area contributed by atoms with Crippen LogP contribution in [0.25, 0.3) is 0 Å². The molecule has 0 saturated carbocycles. The topological polar surface area (TPSA) is 38.8 Å². The Hall–Kier alpha value is -2.79. The normalized spacial score (nSPS) is 11.7. The third-order valence-corrected chi connectivity index (χ3v) is 5.79. The van der Waals surface area contributed by atoms with Gasteiger partial charge in [0.1, 0.15) is 6.61 Å². The van der Waals surface area contributed by atoms with Gasteiger partial charge in [-0.2, -0.15) is 0 Å². The minimum Gasteiger partial charge on any atom is -0.493 e. The number of hydrogen-bond acceptors (Lipinski definition) is 4. The first-order valence-corrected chi connectivity index (χ1v) is 10.7. The van der Waals surface area contributed by atoms with E-state index in [-0.39, 0.29) is 11.9 Å². The molecule has 5 heteroatoms. The van der Waals surface area contributed by atoms with E-state index in [1.54, 1.807) is 7.11 Å². The first kappa shape index (κ1) is 20.9. The summed E-state index contributed by atoms with van der Waals surface area (Å²) in [6, 6.07) is 19.8. The van der Waals surface area contributed by atoms with Crippen LogP contribution in [0.4, 0.5) is 0 Å². The molecule has 152 valence electrons. The van der Waals surface area contributed by atoms with Gasteiger partial charge in [-0.15, -0.1) is 11.3 Å². The molecular formula is C24H27NO3S. The summed E-state index contributed by atoms with van der Waals surface area (Å²) in [4.78, 5) is 15.7. The number of carbonyl (C=O) groups excluding carboxylic acids is 1. The third-order valence-electron chi connectivity index (χ3n) is 4.93. The molecule has 0 radical (unpaired) electrons. The molecule has 0 aliphatic carbocycles. The molecule has 1 aromatic heterocycles. The van der Waals surface area contributed by atoms with Crippen molar-refractivity contribution in [2.45, 2.75) is 39.5 Å². The van der Waals surface area contributed by atoms with E-state index < -0.39 is 0 Å². The molecule has 1 heterocycles. The second-order valence-electron chi connectivity index (χ2n) is 6.93. The van der Waals surface area contributed by atoms with Gasteiger partial charge in [0.05, 0.1) is 12.0 Å². The fourth-order valence-electron chi connectivity index (χ4n) is 3.05. The summed E-state index contributed by atoms with van der Waals surface area (Å²) in [6.45, 7) is 5.19. The summed E-state index contributed by atoms with van der Waals surface area (Å²) in [7, 11) is 1.64. The van der Waals surface area contributed by atoms with Gasteiger partial charge in [0.15, 0.2) is 11.5 Å². The zero-order valence-electron chi connectivity index (χ0n) is 17.1. The molecule has 0 bridgehead atoms. The molecule has 0 N–H and O–H groups in total. The number of thiophene rings is 1. The Balaban J connectivity index is 1.75. The molecule has 3 aromatic rings. The lowest BCUT2D eigenvalue weighted by Gasteiger charge is -2.28. The molecule has 0 aliphatic rings. The van der Waals surface area contributed by atoms with Gasteiger partial charge >= 0.3 is 0 Å². The molecule has 1 atom stereocenters. The van der Waals surface area contributed by atoms with E-state index in [0.717, 1.165) is 22.4 Å². The Morgan fingerprint density at radius 2 is 1.83 bits per heavy atom. The highest BCUT2D eigenvalue weighted by Crippen LogP contribution is 2.30. The predicted octanol–water partition coefficient (Wildman–Crippen LogP) is 5.78. The number of ether oxygens (including phenoxy) is 2. The standard InChI is InChI=1S/C24H27NO3S/c1-4-18(2)25(24(26)23-11-8-14-29-23)16-20-12-13-21(22(15-20)27-3)28-17-19-9-6-5-7-10-19/h5-15,18H,4,16-17H2,1-3H3. The van der Waals surface area contributed by atoms with Crippen LogP contribution in [0.1, 0.15) is 41.1 Å². The number of nitrogens with zero attached hydrogens (tertiary/aromatic N) is 1. The van der Waals surface area contributed by atoms with Crippen LogP contribution >= 0.6 is 11.3 Å². The molecule has 29 heavy (non-hydrogen) atoms. The van der Waals surface area contributed by atoms with E-state index in [1.807, 2.05) is 70.9 Å². The number of hydrogen-bond donors (Lipinski definition) is 0. The van der Waals surface area contributed by atoms with Gasteiger partial charge in [0, 0.05) is 12.6 Å². The van der Waals surface area contributed by atoms with Crippen LogP contribution in [0.5, 0.6) is 11.5 Å².